The zero-order chi connectivity index (χ0) is 16.7. The number of hydrogen-bond donors (Lipinski definition) is 1. The summed E-state index contributed by atoms with van der Waals surface area (Å²) < 4.78 is 9.57. The molecule has 1 heterocycles. The molecule has 2 aromatic rings. The molecule has 122 valence electrons. The van der Waals surface area contributed by atoms with E-state index in [0.29, 0.717) is 6.42 Å². The lowest BCUT2D eigenvalue weighted by atomic mass is 9.96. The number of benzene rings is 1. The fourth-order valence-electron chi connectivity index (χ4n) is 2.20. The number of carbonyl (C=O) groups is 2. The number of methoxy groups -OCH3 is 1. The van der Waals surface area contributed by atoms with Crippen LogP contribution in [0.3, 0.4) is 0 Å². The number of carbonyl (C=O) groups excluding carboxylic acids is 2. The van der Waals surface area contributed by atoms with Crippen molar-refractivity contribution in [3.8, 4) is 0 Å². The minimum Gasteiger partial charge on any atom is -0.469 e. The Kier molecular flexibility index (Phi) is 5.91. The molecule has 0 fully saturated rings. The van der Waals surface area contributed by atoms with Gasteiger partial charge in [-0.1, -0.05) is 42.4 Å². The van der Waals surface area contributed by atoms with Gasteiger partial charge in [0.2, 0.25) is 5.76 Å². The van der Waals surface area contributed by atoms with Crippen molar-refractivity contribution in [3.05, 3.63) is 53.4 Å². The second-order valence-electron chi connectivity index (χ2n) is 5.28. The Morgan fingerprint density at radius 1 is 1.30 bits per heavy atom. The van der Waals surface area contributed by atoms with Crippen molar-refractivity contribution in [2.75, 3.05) is 13.7 Å². The van der Waals surface area contributed by atoms with Gasteiger partial charge in [0, 0.05) is 12.6 Å². The molecule has 0 spiro atoms. The maximum atomic E-state index is 11.9. The van der Waals surface area contributed by atoms with Gasteiger partial charge in [-0.15, -0.1) is 0 Å². The predicted molar refractivity (Wildman–Crippen MR) is 84.0 cm³/mol. The van der Waals surface area contributed by atoms with Crippen LogP contribution in [0.4, 0.5) is 0 Å². The third-order valence-corrected chi connectivity index (χ3v) is 3.51. The van der Waals surface area contributed by atoms with Crippen LogP contribution in [0.15, 0.2) is 40.9 Å². The van der Waals surface area contributed by atoms with Crippen molar-refractivity contribution in [1.29, 1.82) is 0 Å². The van der Waals surface area contributed by atoms with Crippen LogP contribution in [-0.4, -0.2) is 30.7 Å². The van der Waals surface area contributed by atoms with E-state index in [1.165, 1.54) is 12.7 Å². The molecule has 0 saturated carbocycles. The summed E-state index contributed by atoms with van der Waals surface area (Å²) in [4.78, 5) is 22.9. The van der Waals surface area contributed by atoms with E-state index in [4.69, 9.17) is 4.52 Å². The molecule has 0 radical (unpaired) electrons. The highest BCUT2D eigenvalue weighted by molar-refractivity contribution is 5.91. The Morgan fingerprint density at radius 2 is 2.04 bits per heavy atom. The van der Waals surface area contributed by atoms with E-state index in [9.17, 15) is 9.59 Å². The summed E-state index contributed by atoms with van der Waals surface area (Å²) in [6, 6.07) is 11.7. The van der Waals surface area contributed by atoms with Crippen LogP contribution in [0.1, 0.15) is 41.1 Å². The monoisotopic (exact) mass is 316 g/mol. The highest BCUT2D eigenvalue weighted by atomic mass is 16.5. The molecule has 0 aliphatic rings. The molecule has 1 aromatic heterocycles. The first-order valence-corrected chi connectivity index (χ1v) is 7.45. The molecule has 2 rings (SSSR count). The van der Waals surface area contributed by atoms with Gasteiger partial charge < -0.3 is 14.6 Å². The minimum atomic E-state index is -0.389. The van der Waals surface area contributed by atoms with Crippen LogP contribution in [0.5, 0.6) is 0 Å². The Balaban J connectivity index is 1.87. The van der Waals surface area contributed by atoms with Crippen LogP contribution in [0.2, 0.25) is 0 Å². The first-order valence-electron chi connectivity index (χ1n) is 7.45. The lowest BCUT2D eigenvalue weighted by Gasteiger charge is -2.08. The summed E-state index contributed by atoms with van der Waals surface area (Å²) in [5.41, 5.74) is 1.93. The van der Waals surface area contributed by atoms with E-state index in [0.717, 1.165) is 5.69 Å². The Labute approximate surface area is 134 Å². The highest BCUT2D eigenvalue weighted by Gasteiger charge is 2.15. The normalized spacial score (nSPS) is 11.7. The largest absolute Gasteiger partial charge is 0.469 e. The summed E-state index contributed by atoms with van der Waals surface area (Å²) in [7, 11) is 1.31. The van der Waals surface area contributed by atoms with Gasteiger partial charge in [0.05, 0.1) is 19.2 Å². The topological polar surface area (TPSA) is 81.4 Å². The first-order chi connectivity index (χ1) is 11.1. The van der Waals surface area contributed by atoms with Crippen LogP contribution in [-0.2, 0) is 16.0 Å². The van der Waals surface area contributed by atoms with E-state index in [2.05, 4.69) is 34.3 Å². The molecule has 0 saturated heterocycles. The number of nitrogens with one attached hydrogen (secondary N) is 1. The number of esters is 1. The van der Waals surface area contributed by atoms with Gasteiger partial charge in [0.1, 0.15) is 0 Å². The quantitative estimate of drug-likeness (QED) is 0.793. The molecule has 1 amide bonds. The molecule has 1 N–H and O–H groups in total. The maximum Gasteiger partial charge on any atom is 0.307 e. The second kappa shape index (κ2) is 8.12. The minimum absolute atomic E-state index is 0.119. The van der Waals surface area contributed by atoms with Crippen LogP contribution >= 0.6 is 0 Å². The average Bonchev–Trinajstić information content (AvgIpc) is 3.04. The van der Waals surface area contributed by atoms with Gasteiger partial charge in [-0.05, 0) is 17.9 Å². The number of nitrogens with zero attached hydrogens (tertiary/aromatic N) is 1. The molecule has 23 heavy (non-hydrogen) atoms. The van der Waals surface area contributed by atoms with Crippen LogP contribution in [0, 0.1) is 0 Å². The maximum absolute atomic E-state index is 11.9. The van der Waals surface area contributed by atoms with Crippen LogP contribution in [0.25, 0.3) is 0 Å². The molecular weight excluding hydrogens is 296 g/mol. The molecule has 0 aliphatic heterocycles. The summed E-state index contributed by atoms with van der Waals surface area (Å²) in [6.07, 6.45) is 0.803. The molecule has 1 aromatic carbocycles. The Hall–Kier alpha value is -2.63. The van der Waals surface area contributed by atoms with Crippen LogP contribution < -0.4 is 5.32 Å². The van der Waals surface area contributed by atoms with Gasteiger partial charge in [0.25, 0.3) is 5.91 Å². The standard InChI is InChI=1S/C17H20N2O4/c1-12(13-6-4-3-5-7-13)10-14-11-15(23-19-14)17(21)18-9-8-16(20)22-2/h3-7,11-12H,8-10H2,1-2H3,(H,18,21). The smallest absolute Gasteiger partial charge is 0.307 e. The number of rotatable bonds is 7. The SMILES string of the molecule is COC(=O)CCNC(=O)c1cc(CC(C)c2ccccc2)no1. The van der Waals surface area contributed by atoms with Gasteiger partial charge in [-0.3, -0.25) is 9.59 Å². The molecule has 0 aliphatic carbocycles. The zero-order valence-corrected chi connectivity index (χ0v) is 13.2. The van der Waals surface area contributed by atoms with E-state index < -0.39 is 0 Å². The molecular formula is C17H20N2O4. The third-order valence-electron chi connectivity index (χ3n) is 3.51. The van der Waals surface area contributed by atoms with Gasteiger partial charge in [0.15, 0.2) is 0 Å². The van der Waals surface area contributed by atoms with Crippen molar-refractivity contribution in [2.24, 2.45) is 0 Å². The van der Waals surface area contributed by atoms with E-state index in [1.54, 1.807) is 6.07 Å². The Bertz CT molecular complexity index is 652. The van der Waals surface area contributed by atoms with E-state index >= 15 is 0 Å². The molecule has 0 bridgehead atoms. The summed E-state index contributed by atoms with van der Waals surface area (Å²) >= 11 is 0. The molecule has 6 heteroatoms. The number of amides is 1. The van der Waals surface area contributed by atoms with Crippen molar-refractivity contribution in [1.82, 2.24) is 10.5 Å². The fraction of sp³-hybridized carbons (Fsp3) is 0.353. The Morgan fingerprint density at radius 3 is 2.74 bits per heavy atom. The van der Waals surface area contributed by atoms with Gasteiger partial charge in [-0.2, -0.15) is 0 Å². The van der Waals surface area contributed by atoms with Crippen molar-refractivity contribution in [2.45, 2.75) is 25.7 Å². The number of aromatic nitrogens is 1. The van der Waals surface area contributed by atoms with Gasteiger partial charge in [-0.25, -0.2) is 0 Å². The first kappa shape index (κ1) is 16.7. The van der Waals surface area contributed by atoms with Gasteiger partial charge >= 0.3 is 5.97 Å². The van der Waals surface area contributed by atoms with Crippen molar-refractivity contribution >= 4 is 11.9 Å². The second-order valence-corrected chi connectivity index (χ2v) is 5.28. The average molecular weight is 316 g/mol. The molecule has 6 nitrogen and oxygen atoms in total. The lowest BCUT2D eigenvalue weighted by Crippen LogP contribution is -2.25. The molecule has 1 atom stereocenters. The van der Waals surface area contributed by atoms with E-state index in [1.807, 2.05) is 18.2 Å². The summed E-state index contributed by atoms with van der Waals surface area (Å²) in [5.74, 6) is -0.345. The molecule has 1 unspecified atom stereocenters. The fourth-order valence-corrected chi connectivity index (χ4v) is 2.20. The summed E-state index contributed by atoms with van der Waals surface area (Å²) in [6.45, 7) is 2.29. The van der Waals surface area contributed by atoms with E-state index in [-0.39, 0.29) is 36.5 Å². The highest BCUT2D eigenvalue weighted by Crippen LogP contribution is 2.19. The third kappa shape index (κ3) is 4.95. The number of ether oxygens (including phenoxy) is 1. The summed E-state index contributed by atoms with van der Waals surface area (Å²) in [5, 5.41) is 6.52. The van der Waals surface area contributed by atoms with Crippen molar-refractivity contribution < 1.29 is 18.8 Å². The van der Waals surface area contributed by atoms with Crippen molar-refractivity contribution in [3.63, 3.8) is 0 Å². The predicted octanol–water partition coefficient (Wildman–Crippen LogP) is 2.31. The zero-order valence-electron chi connectivity index (χ0n) is 13.2. The number of hydrogen-bond acceptors (Lipinski definition) is 5. The lowest BCUT2D eigenvalue weighted by molar-refractivity contribution is -0.140.